The molecule has 1 atom stereocenters. The van der Waals surface area contributed by atoms with Crippen molar-refractivity contribution in [1.82, 2.24) is 9.88 Å². The number of aryl methyl sites for hydroxylation is 1. The van der Waals surface area contributed by atoms with Crippen molar-refractivity contribution in [3.05, 3.63) is 16.1 Å². The first-order chi connectivity index (χ1) is 7.19. The maximum absolute atomic E-state index is 11.5. The molecule has 2 heterocycles. The summed E-state index contributed by atoms with van der Waals surface area (Å²) in [6, 6.07) is 0. The minimum absolute atomic E-state index is 0.0956. The molecule has 1 N–H and O–H groups in total. The Labute approximate surface area is 92.6 Å². The zero-order chi connectivity index (χ0) is 10.8. The van der Waals surface area contributed by atoms with Gasteiger partial charge in [0.1, 0.15) is 0 Å². The Morgan fingerprint density at radius 1 is 1.73 bits per heavy atom. The zero-order valence-corrected chi connectivity index (χ0v) is 9.46. The molecule has 15 heavy (non-hydrogen) atoms. The Bertz CT molecular complexity index is 364. The summed E-state index contributed by atoms with van der Waals surface area (Å²) >= 11 is 1.60. The molecule has 1 aliphatic heterocycles. The number of aromatic nitrogens is 1. The van der Waals surface area contributed by atoms with E-state index in [9.17, 15) is 4.79 Å². The molecule has 1 aromatic rings. The number of carbonyl (C=O) groups is 1. The van der Waals surface area contributed by atoms with E-state index in [1.54, 1.807) is 16.2 Å². The molecule has 4 nitrogen and oxygen atoms in total. The zero-order valence-electron chi connectivity index (χ0n) is 8.64. The van der Waals surface area contributed by atoms with Gasteiger partial charge >= 0.3 is 0 Å². The van der Waals surface area contributed by atoms with Crippen LogP contribution in [0.1, 0.15) is 17.1 Å². The molecule has 1 saturated heterocycles. The first-order valence-corrected chi connectivity index (χ1v) is 5.86. The monoisotopic (exact) mass is 226 g/mol. The summed E-state index contributed by atoms with van der Waals surface area (Å²) in [5, 5.41) is 12.0. The Hall–Kier alpha value is -0.940. The highest BCUT2D eigenvalue weighted by Crippen LogP contribution is 2.20. The van der Waals surface area contributed by atoms with Crippen molar-refractivity contribution in [2.45, 2.75) is 19.9 Å². The van der Waals surface area contributed by atoms with Gasteiger partial charge in [-0.15, -0.1) is 11.3 Å². The molecule has 1 aromatic heterocycles. The number of hydrogen-bond donors (Lipinski definition) is 1. The number of rotatable bonds is 3. The third kappa shape index (κ3) is 2.35. The standard InChI is InChI=1S/C10H14N2O2S/c1-7-11-9(6-15-7)4-12-3-8(5-13)2-10(12)14/h6,8,13H,2-5H2,1H3. The highest BCUT2D eigenvalue weighted by Gasteiger charge is 2.29. The molecular weight excluding hydrogens is 212 g/mol. The van der Waals surface area contributed by atoms with Crippen LogP contribution in [0.15, 0.2) is 5.38 Å². The summed E-state index contributed by atoms with van der Waals surface area (Å²) in [6.07, 6.45) is 0.472. The molecule has 82 valence electrons. The van der Waals surface area contributed by atoms with Gasteiger partial charge in [-0.05, 0) is 6.92 Å². The number of carbonyl (C=O) groups excluding carboxylic acids is 1. The molecule has 0 radical (unpaired) electrons. The van der Waals surface area contributed by atoms with E-state index in [0.717, 1.165) is 10.7 Å². The lowest BCUT2D eigenvalue weighted by atomic mass is 10.1. The van der Waals surface area contributed by atoms with Crippen molar-refractivity contribution in [3.63, 3.8) is 0 Å². The molecule has 0 spiro atoms. The highest BCUT2D eigenvalue weighted by atomic mass is 32.1. The van der Waals surface area contributed by atoms with Gasteiger partial charge in [0.2, 0.25) is 5.91 Å². The van der Waals surface area contributed by atoms with Crippen molar-refractivity contribution in [2.75, 3.05) is 13.2 Å². The molecule has 1 fully saturated rings. The average Bonchev–Trinajstić information content (AvgIpc) is 2.75. The molecular formula is C10H14N2O2S. The largest absolute Gasteiger partial charge is 0.396 e. The summed E-state index contributed by atoms with van der Waals surface area (Å²) in [7, 11) is 0. The van der Waals surface area contributed by atoms with Crippen LogP contribution >= 0.6 is 11.3 Å². The molecule has 0 aromatic carbocycles. The molecule has 1 aliphatic rings. The number of hydrogen-bond acceptors (Lipinski definition) is 4. The fourth-order valence-electron chi connectivity index (χ4n) is 1.81. The molecule has 0 bridgehead atoms. The number of thiazole rings is 1. The SMILES string of the molecule is Cc1nc(CN2CC(CO)CC2=O)cs1. The van der Waals surface area contributed by atoms with Gasteiger partial charge < -0.3 is 10.0 Å². The van der Waals surface area contributed by atoms with Crippen LogP contribution in [0, 0.1) is 12.8 Å². The number of likely N-dealkylation sites (tertiary alicyclic amines) is 1. The van der Waals surface area contributed by atoms with Crippen LogP contribution in [-0.4, -0.2) is 34.0 Å². The van der Waals surface area contributed by atoms with Gasteiger partial charge in [0, 0.05) is 30.9 Å². The lowest BCUT2D eigenvalue weighted by Gasteiger charge is -2.14. The van der Waals surface area contributed by atoms with Crippen LogP contribution in [0.25, 0.3) is 0 Å². The van der Waals surface area contributed by atoms with Gasteiger partial charge in [0.25, 0.3) is 0 Å². The Kier molecular flexibility index (Phi) is 3.02. The summed E-state index contributed by atoms with van der Waals surface area (Å²) in [4.78, 5) is 17.6. The number of nitrogens with zero attached hydrogens (tertiary/aromatic N) is 2. The lowest BCUT2D eigenvalue weighted by Crippen LogP contribution is -2.25. The van der Waals surface area contributed by atoms with E-state index in [4.69, 9.17) is 5.11 Å². The first-order valence-electron chi connectivity index (χ1n) is 4.98. The van der Waals surface area contributed by atoms with Crippen LogP contribution in [0.5, 0.6) is 0 Å². The van der Waals surface area contributed by atoms with E-state index in [2.05, 4.69) is 4.98 Å². The van der Waals surface area contributed by atoms with Gasteiger partial charge in [-0.1, -0.05) is 0 Å². The third-order valence-electron chi connectivity index (χ3n) is 2.57. The van der Waals surface area contributed by atoms with Gasteiger partial charge in [0.05, 0.1) is 17.2 Å². The van der Waals surface area contributed by atoms with Crippen molar-refractivity contribution >= 4 is 17.2 Å². The molecule has 0 saturated carbocycles. The Morgan fingerprint density at radius 2 is 2.53 bits per heavy atom. The average molecular weight is 226 g/mol. The first kappa shape index (κ1) is 10.6. The molecule has 0 aliphatic carbocycles. The second-order valence-electron chi connectivity index (χ2n) is 3.88. The van der Waals surface area contributed by atoms with E-state index in [1.807, 2.05) is 12.3 Å². The van der Waals surface area contributed by atoms with Crippen molar-refractivity contribution < 1.29 is 9.90 Å². The fraction of sp³-hybridized carbons (Fsp3) is 0.600. The molecule has 1 unspecified atom stereocenters. The van der Waals surface area contributed by atoms with Crippen LogP contribution in [0.3, 0.4) is 0 Å². The van der Waals surface area contributed by atoms with Gasteiger partial charge in [-0.3, -0.25) is 4.79 Å². The minimum atomic E-state index is 0.0956. The Balaban J connectivity index is 1.98. The summed E-state index contributed by atoms with van der Waals surface area (Å²) in [5.41, 5.74) is 0.949. The van der Waals surface area contributed by atoms with Gasteiger partial charge in [-0.2, -0.15) is 0 Å². The van der Waals surface area contributed by atoms with E-state index in [0.29, 0.717) is 19.5 Å². The number of amides is 1. The predicted molar refractivity (Wildman–Crippen MR) is 57.5 cm³/mol. The summed E-state index contributed by atoms with van der Waals surface area (Å²) < 4.78 is 0. The number of aliphatic hydroxyl groups is 1. The second-order valence-corrected chi connectivity index (χ2v) is 4.95. The maximum Gasteiger partial charge on any atom is 0.223 e. The summed E-state index contributed by atoms with van der Waals surface area (Å²) in [5.74, 6) is 0.233. The van der Waals surface area contributed by atoms with E-state index in [1.165, 1.54) is 0 Å². The molecule has 5 heteroatoms. The van der Waals surface area contributed by atoms with Gasteiger partial charge in [-0.25, -0.2) is 4.98 Å². The van der Waals surface area contributed by atoms with Gasteiger partial charge in [0.15, 0.2) is 0 Å². The highest BCUT2D eigenvalue weighted by molar-refractivity contribution is 7.09. The van der Waals surface area contributed by atoms with Crippen LogP contribution in [-0.2, 0) is 11.3 Å². The molecule has 2 rings (SSSR count). The second kappa shape index (κ2) is 4.28. The van der Waals surface area contributed by atoms with E-state index < -0.39 is 0 Å². The van der Waals surface area contributed by atoms with Crippen molar-refractivity contribution in [2.24, 2.45) is 5.92 Å². The van der Waals surface area contributed by atoms with Crippen molar-refractivity contribution in [3.8, 4) is 0 Å². The lowest BCUT2D eigenvalue weighted by molar-refractivity contribution is -0.128. The van der Waals surface area contributed by atoms with E-state index in [-0.39, 0.29) is 18.4 Å². The topological polar surface area (TPSA) is 53.4 Å². The fourth-order valence-corrected chi connectivity index (χ4v) is 2.41. The minimum Gasteiger partial charge on any atom is -0.396 e. The quantitative estimate of drug-likeness (QED) is 0.829. The predicted octanol–water partition coefficient (Wildman–Crippen LogP) is 0.792. The van der Waals surface area contributed by atoms with Crippen LogP contribution in [0.4, 0.5) is 0 Å². The smallest absolute Gasteiger partial charge is 0.223 e. The van der Waals surface area contributed by atoms with E-state index >= 15 is 0 Å². The summed E-state index contributed by atoms with van der Waals surface area (Å²) in [6.45, 7) is 3.29. The van der Waals surface area contributed by atoms with Crippen LogP contribution < -0.4 is 0 Å². The molecule has 1 amide bonds. The third-order valence-corrected chi connectivity index (χ3v) is 3.39. The van der Waals surface area contributed by atoms with Crippen LogP contribution in [0.2, 0.25) is 0 Å². The van der Waals surface area contributed by atoms with Crippen molar-refractivity contribution in [1.29, 1.82) is 0 Å². The normalized spacial score (nSPS) is 21.3. The maximum atomic E-state index is 11.5. The Morgan fingerprint density at radius 3 is 3.07 bits per heavy atom. The number of aliphatic hydroxyl groups excluding tert-OH is 1.